The largest absolute Gasteiger partial charge is 0.396 e. The first kappa shape index (κ1) is 13.8. The second kappa shape index (κ2) is 5.14. The van der Waals surface area contributed by atoms with E-state index in [2.05, 4.69) is 5.32 Å². The number of aliphatic hydroxyl groups excluding tert-OH is 1. The van der Waals surface area contributed by atoms with Gasteiger partial charge in [0, 0.05) is 25.6 Å². The van der Waals surface area contributed by atoms with Crippen LogP contribution < -0.4 is 5.32 Å². The van der Waals surface area contributed by atoms with Crippen LogP contribution in [-0.2, 0) is 14.8 Å². The van der Waals surface area contributed by atoms with Crippen LogP contribution in [0.15, 0.2) is 0 Å². The molecule has 2 atom stereocenters. The van der Waals surface area contributed by atoms with E-state index in [-0.39, 0.29) is 30.9 Å². The van der Waals surface area contributed by atoms with E-state index in [0.29, 0.717) is 19.0 Å². The van der Waals surface area contributed by atoms with Crippen LogP contribution in [0.25, 0.3) is 0 Å². The Labute approximate surface area is 107 Å². The number of carbonyl (C=O) groups is 1. The Balaban J connectivity index is 2.01. The van der Waals surface area contributed by atoms with Crippen molar-refractivity contribution in [3.05, 3.63) is 0 Å². The van der Waals surface area contributed by atoms with Crippen molar-refractivity contribution in [1.82, 2.24) is 9.62 Å². The number of amides is 1. The molecule has 0 aromatic carbocycles. The standard InChI is InChI=1S/C11H20N2O4S/c1-18(16,17)13-6-9(8-2-3-8)10(7-13)12-11(15)4-5-14/h8-10,14H,2-7H2,1H3,(H,12,15)/t9-,10+/m0/s1. The molecule has 2 fully saturated rings. The highest BCUT2D eigenvalue weighted by Crippen LogP contribution is 2.41. The Kier molecular flexibility index (Phi) is 3.93. The van der Waals surface area contributed by atoms with E-state index in [1.807, 2.05) is 0 Å². The second-order valence-electron chi connectivity index (χ2n) is 5.23. The van der Waals surface area contributed by atoms with Crippen molar-refractivity contribution in [1.29, 1.82) is 0 Å². The van der Waals surface area contributed by atoms with Gasteiger partial charge >= 0.3 is 0 Å². The maximum absolute atomic E-state index is 11.6. The van der Waals surface area contributed by atoms with Crippen LogP contribution in [0.4, 0.5) is 0 Å². The van der Waals surface area contributed by atoms with Crippen molar-refractivity contribution < 1.29 is 18.3 Å². The molecule has 2 rings (SSSR count). The van der Waals surface area contributed by atoms with Crippen molar-refractivity contribution in [3.8, 4) is 0 Å². The Morgan fingerprint density at radius 2 is 2.06 bits per heavy atom. The molecule has 18 heavy (non-hydrogen) atoms. The summed E-state index contributed by atoms with van der Waals surface area (Å²) in [4.78, 5) is 11.5. The van der Waals surface area contributed by atoms with Crippen LogP contribution in [-0.4, -0.2) is 55.7 Å². The van der Waals surface area contributed by atoms with E-state index in [4.69, 9.17) is 5.11 Å². The maximum atomic E-state index is 11.6. The molecule has 1 heterocycles. The normalized spacial score (nSPS) is 29.4. The van der Waals surface area contributed by atoms with Gasteiger partial charge < -0.3 is 10.4 Å². The summed E-state index contributed by atoms with van der Waals surface area (Å²) in [5, 5.41) is 11.6. The average Bonchev–Trinajstić information content (AvgIpc) is 2.99. The van der Waals surface area contributed by atoms with E-state index in [9.17, 15) is 13.2 Å². The van der Waals surface area contributed by atoms with Gasteiger partial charge in [0.15, 0.2) is 0 Å². The number of sulfonamides is 1. The van der Waals surface area contributed by atoms with E-state index in [1.165, 1.54) is 10.6 Å². The molecule has 0 aromatic rings. The summed E-state index contributed by atoms with van der Waals surface area (Å²) in [5.41, 5.74) is 0. The first-order valence-corrected chi connectivity index (χ1v) is 8.12. The molecule has 104 valence electrons. The highest BCUT2D eigenvalue weighted by atomic mass is 32.2. The molecule has 0 aromatic heterocycles. The summed E-state index contributed by atoms with van der Waals surface area (Å²) in [6.45, 7) is 0.688. The predicted octanol–water partition coefficient (Wildman–Crippen LogP) is -0.845. The highest BCUT2D eigenvalue weighted by molar-refractivity contribution is 7.88. The minimum Gasteiger partial charge on any atom is -0.396 e. The average molecular weight is 276 g/mol. The van der Waals surface area contributed by atoms with Crippen molar-refractivity contribution in [2.45, 2.75) is 25.3 Å². The van der Waals surface area contributed by atoms with Gasteiger partial charge in [0.25, 0.3) is 0 Å². The fourth-order valence-electron chi connectivity index (χ4n) is 2.60. The van der Waals surface area contributed by atoms with Gasteiger partial charge in [0.2, 0.25) is 15.9 Å². The molecule has 2 aliphatic rings. The lowest BCUT2D eigenvalue weighted by molar-refractivity contribution is -0.122. The van der Waals surface area contributed by atoms with Crippen molar-refractivity contribution in [2.75, 3.05) is 26.0 Å². The molecule has 1 aliphatic heterocycles. The zero-order chi connectivity index (χ0) is 13.3. The molecule has 2 N–H and O–H groups in total. The fraction of sp³-hybridized carbons (Fsp3) is 0.909. The zero-order valence-corrected chi connectivity index (χ0v) is 11.3. The van der Waals surface area contributed by atoms with Gasteiger partial charge in [0.05, 0.1) is 12.9 Å². The third-order valence-electron chi connectivity index (χ3n) is 3.71. The summed E-state index contributed by atoms with van der Waals surface area (Å²) < 4.78 is 24.5. The van der Waals surface area contributed by atoms with Crippen LogP contribution in [0.5, 0.6) is 0 Å². The van der Waals surface area contributed by atoms with Crippen molar-refractivity contribution in [3.63, 3.8) is 0 Å². The monoisotopic (exact) mass is 276 g/mol. The molecule has 1 saturated carbocycles. The van der Waals surface area contributed by atoms with Gasteiger partial charge in [-0.2, -0.15) is 4.31 Å². The van der Waals surface area contributed by atoms with Crippen LogP contribution in [0.2, 0.25) is 0 Å². The molecule has 7 heteroatoms. The minimum absolute atomic E-state index is 0.0762. The third-order valence-corrected chi connectivity index (χ3v) is 4.95. The molecule has 1 aliphatic carbocycles. The molecule has 0 radical (unpaired) electrons. The first-order valence-electron chi connectivity index (χ1n) is 6.27. The summed E-state index contributed by atoms with van der Waals surface area (Å²) in [7, 11) is -3.19. The lowest BCUT2D eigenvalue weighted by Gasteiger charge is -2.19. The second-order valence-corrected chi connectivity index (χ2v) is 7.21. The Morgan fingerprint density at radius 3 is 2.56 bits per heavy atom. The van der Waals surface area contributed by atoms with Gasteiger partial charge in [0.1, 0.15) is 0 Å². The number of carbonyl (C=O) groups excluding carboxylic acids is 1. The number of nitrogens with one attached hydrogen (secondary N) is 1. The molecule has 1 amide bonds. The predicted molar refractivity (Wildman–Crippen MR) is 66.3 cm³/mol. The van der Waals surface area contributed by atoms with Crippen LogP contribution in [0.3, 0.4) is 0 Å². The number of rotatable bonds is 5. The Morgan fingerprint density at radius 1 is 1.39 bits per heavy atom. The summed E-state index contributed by atoms with van der Waals surface area (Å²) in [6.07, 6.45) is 3.52. The van der Waals surface area contributed by atoms with Crippen LogP contribution in [0, 0.1) is 11.8 Å². The van der Waals surface area contributed by atoms with Gasteiger partial charge in [-0.1, -0.05) is 0 Å². The van der Waals surface area contributed by atoms with E-state index < -0.39 is 10.0 Å². The summed E-state index contributed by atoms with van der Waals surface area (Å²) >= 11 is 0. The fourth-order valence-corrected chi connectivity index (χ4v) is 3.47. The van der Waals surface area contributed by atoms with E-state index in [0.717, 1.165) is 12.8 Å². The molecular formula is C11H20N2O4S. The smallest absolute Gasteiger partial charge is 0.222 e. The van der Waals surface area contributed by atoms with Gasteiger partial charge in [-0.3, -0.25) is 4.79 Å². The topological polar surface area (TPSA) is 86.7 Å². The minimum atomic E-state index is -3.19. The third kappa shape index (κ3) is 3.21. The zero-order valence-electron chi connectivity index (χ0n) is 10.5. The van der Waals surface area contributed by atoms with Crippen LogP contribution in [0.1, 0.15) is 19.3 Å². The molecule has 0 spiro atoms. The van der Waals surface area contributed by atoms with E-state index in [1.54, 1.807) is 0 Å². The van der Waals surface area contributed by atoms with Crippen LogP contribution >= 0.6 is 0 Å². The SMILES string of the molecule is CS(=O)(=O)N1C[C@@H](NC(=O)CCO)[C@H](C2CC2)C1. The molecule has 0 bridgehead atoms. The lowest BCUT2D eigenvalue weighted by atomic mass is 9.98. The summed E-state index contributed by atoms with van der Waals surface area (Å²) in [5.74, 6) is 0.557. The number of aliphatic hydroxyl groups is 1. The number of hydrogen-bond acceptors (Lipinski definition) is 4. The first-order chi connectivity index (χ1) is 8.41. The molecular weight excluding hydrogens is 256 g/mol. The number of nitrogens with zero attached hydrogens (tertiary/aromatic N) is 1. The highest BCUT2D eigenvalue weighted by Gasteiger charge is 2.45. The van der Waals surface area contributed by atoms with Crippen molar-refractivity contribution in [2.24, 2.45) is 11.8 Å². The molecule has 1 saturated heterocycles. The van der Waals surface area contributed by atoms with Gasteiger partial charge in [-0.05, 0) is 24.7 Å². The van der Waals surface area contributed by atoms with Gasteiger partial charge in [-0.25, -0.2) is 8.42 Å². The number of hydrogen-bond donors (Lipinski definition) is 2. The quantitative estimate of drug-likeness (QED) is 0.685. The summed E-state index contributed by atoms with van der Waals surface area (Å²) in [6, 6.07) is -0.105. The van der Waals surface area contributed by atoms with Crippen molar-refractivity contribution >= 4 is 15.9 Å². The Hall–Kier alpha value is -0.660. The van der Waals surface area contributed by atoms with Gasteiger partial charge in [-0.15, -0.1) is 0 Å². The lowest BCUT2D eigenvalue weighted by Crippen LogP contribution is -2.41. The Bertz CT molecular complexity index is 419. The van der Waals surface area contributed by atoms with E-state index >= 15 is 0 Å². The molecule has 0 unspecified atom stereocenters. The molecule has 6 nitrogen and oxygen atoms in total. The maximum Gasteiger partial charge on any atom is 0.222 e.